The van der Waals surface area contributed by atoms with Gasteiger partial charge in [-0.1, -0.05) is 11.6 Å². The highest BCUT2D eigenvalue weighted by Crippen LogP contribution is 2.24. The van der Waals surface area contributed by atoms with Crippen molar-refractivity contribution >= 4 is 30.1 Å². The third-order valence-corrected chi connectivity index (χ3v) is 2.63. The molecule has 1 amide bonds. The molecule has 0 unspecified atom stereocenters. The molecule has 0 aliphatic rings. The van der Waals surface area contributed by atoms with E-state index in [0.29, 0.717) is 0 Å². The maximum atomic E-state index is 13.2. The van der Waals surface area contributed by atoms with Gasteiger partial charge in [0.05, 0.1) is 5.02 Å². The predicted molar refractivity (Wildman–Crippen MR) is 56.6 cm³/mol. The van der Waals surface area contributed by atoms with E-state index < -0.39 is 24.4 Å². The van der Waals surface area contributed by atoms with Gasteiger partial charge in [0.1, 0.15) is 5.82 Å². The molecule has 0 atom stereocenters. The average Bonchev–Trinajstić information content (AvgIpc) is 2.19. The zero-order valence-corrected chi connectivity index (χ0v) is 9.76. The molecule has 0 heterocycles. The Labute approximate surface area is 104 Å². The van der Waals surface area contributed by atoms with Crippen LogP contribution in [0.2, 0.25) is 5.02 Å². The Morgan fingerprint density at radius 1 is 1.41 bits per heavy atom. The lowest BCUT2D eigenvalue weighted by atomic mass is 10.2. The molecule has 0 aliphatic carbocycles. The van der Waals surface area contributed by atoms with Gasteiger partial charge in [-0.2, -0.15) is 13.2 Å². The van der Waals surface area contributed by atoms with Crippen molar-refractivity contribution in [2.45, 2.75) is 17.6 Å². The van der Waals surface area contributed by atoms with E-state index >= 15 is 0 Å². The fourth-order valence-electron chi connectivity index (χ4n) is 0.992. The van der Waals surface area contributed by atoms with E-state index in [1.54, 1.807) is 5.32 Å². The first-order chi connectivity index (χ1) is 7.71. The largest absolute Gasteiger partial charge is 0.471 e. The zero-order chi connectivity index (χ0) is 13.2. The molecule has 17 heavy (non-hydrogen) atoms. The maximum absolute atomic E-state index is 13.2. The molecule has 1 aromatic carbocycles. The summed E-state index contributed by atoms with van der Waals surface area (Å²) in [5.41, 5.74) is -0.128. The fourth-order valence-corrected chi connectivity index (χ4v) is 1.36. The monoisotopic (exact) mass is 287 g/mol. The molecule has 1 N–H and O–H groups in total. The van der Waals surface area contributed by atoms with Crippen LogP contribution in [0, 0.1) is 5.82 Å². The van der Waals surface area contributed by atoms with Crippen LogP contribution in [-0.2, 0) is 11.3 Å². The molecule has 0 saturated heterocycles. The van der Waals surface area contributed by atoms with Crippen LogP contribution in [0.25, 0.3) is 0 Å². The highest BCUT2D eigenvalue weighted by atomic mass is 35.5. The number of benzene rings is 1. The van der Waals surface area contributed by atoms with Crippen LogP contribution < -0.4 is 5.32 Å². The molecular weight excluding hydrogens is 282 g/mol. The van der Waals surface area contributed by atoms with E-state index in [4.69, 9.17) is 11.6 Å². The number of nitrogens with one attached hydrogen (secondary N) is 1. The Hall–Kier alpha value is -0.950. The summed E-state index contributed by atoms with van der Waals surface area (Å²) in [6.45, 7) is -0.588. The van der Waals surface area contributed by atoms with Crippen LogP contribution in [0.4, 0.5) is 17.6 Å². The van der Waals surface area contributed by atoms with Gasteiger partial charge in [-0.25, -0.2) is 4.39 Å². The topological polar surface area (TPSA) is 29.1 Å². The van der Waals surface area contributed by atoms with Crippen molar-refractivity contribution in [3.05, 3.63) is 28.5 Å². The maximum Gasteiger partial charge on any atom is 0.471 e. The van der Waals surface area contributed by atoms with E-state index in [1.807, 2.05) is 0 Å². The van der Waals surface area contributed by atoms with Crippen molar-refractivity contribution in [3.63, 3.8) is 0 Å². The summed E-state index contributed by atoms with van der Waals surface area (Å²) in [5.74, 6) is -2.94. The number of amides is 1. The first-order valence-electron chi connectivity index (χ1n) is 4.23. The third-order valence-electron chi connectivity index (χ3n) is 1.81. The first kappa shape index (κ1) is 14.1. The number of alkyl halides is 3. The van der Waals surface area contributed by atoms with Crippen molar-refractivity contribution in [3.8, 4) is 0 Å². The summed E-state index contributed by atoms with van der Waals surface area (Å²) in [6.07, 6.45) is -4.99. The van der Waals surface area contributed by atoms with Gasteiger partial charge in [0.25, 0.3) is 0 Å². The first-order valence-corrected chi connectivity index (χ1v) is 5.06. The standard InChI is InChI=1S/C9H6ClF4NOS/c10-5-2-6(11)4(1-7(5)17)3-15-8(16)9(12,13)14/h1-2,17H,3H2,(H,15,16). The molecule has 0 aliphatic heterocycles. The number of hydrogen-bond donors (Lipinski definition) is 2. The minimum absolute atomic E-state index is 0.0386. The molecule has 1 rings (SSSR count). The van der Waals surface area contributed by atoms with E-state index in [-0.39, 0.29) is 15.5 Å². The van der Waals surface area contributed by atoms with Gasteiger partial charge in [-0.3, -0.25) is 4.79 Å². The minimum atomic E-state index is -4.99. The molecule has 0 saturated carbocycles. The van der Waals surface area contributed by atoms with Gasteiger partial charge < -0.3 is 5.32 Å². The number of halogens is 5. The summed E-state index contributed by atoms with van der Waals surface area (Å²) in [5, 5.41) is 1.58. The van der Waals surface area contributed by atoms with Crippen LogP contribution in [0.15, 0.2) is 17.0 Å². The minimum Gasteiger partial charge on any atom is -0.344 e. The van der Waals surface area contributed by atoms with E-state index in [9.17, 15) is 22.4 Å². The van der Waals surface area contributed by atoms with E-state index in [0.717, 1.165) is 12.1 Å². The zero-order valence-electron chi connectivity index (χ0n) is 8.11. The van der Waals surface area contributed by atoms with Crippen LogP contribution in [0.3, 0.4) is 0 Å². The lowest BCUT2D eigenvalue weighted by Crippen LogP contribution is -2.36. The number of carbonyl (C=O) groups is 1. The second kappa shape index (κ2) is 5.14. The quantitative estimate of drug-likeness (QED) is 0.635. The van der Waals surface area contributed by atoms with Crippen LogP contribution >= 0.6 is 24.2 Å². The fraction of sp³-hybridized carbons (Fsp3) is 0.222. The lowest BCUT2D eigenvalue weighted by Gasteiger charge is -2.09. The summed E-state index contributed by atoms with van der Waals surface area (Å²) in [4.78, 5) is 10.7. The third kappa shape index (κ3) is 3.78. The van der Waals surface area contributed by atoms with E-state index in [2.05, 4.69) is 12.6 Å². The van der Waals surface area contributed by atoms with Gasteiger partial charge in [-0.05, 0) is 12.1 Å². The lowest BCUT2D eigenvalue weighted by molar-refractivity contribution is -0.173. The molecule has 0 bridgehead atoms. The van der Waals surface area contributed by atoms with Gasteiger partial charge in [0.2, 0.25) is 0 Å². The van der Waals surface area contributed by atoms with Crippen LogP contribution in [0.5, 0.6) is 0 Å². The Morgan fingerprint density at radius 3 is 2.53 bits per heavy atom. The molecule has 0 aromatic heterocycles. The number of thiol groups is 1. The molecule has 2 nitrogen and oxygen atoms in total. The second-order valence-electron chi connectivity index (χ2n) is 3.08. The Balaban J connectivity index is 2.77. The Kier molecular flexibility index (Phi) is 4.26. The van der Waals surface area contributed by atoms with E-state index in [1.165, 1.54) is 0 Å². The average molecular weight is 288 g/mol. The summed E-state index contributed by atoms with van der Waals surface area (Å²) in [6, 6.07) is 2.07. The Bertz CT molecular complexity index is 449. The highest BCUT2D eigenvalue weighted by Gasteiger charge is 2.38. The summed E-state index contributed by atoms with van der Waals surface area (Å²) >= 11 is 9.42. The molecule has 8 heteroatoms. The molecule has 1 aromatic rings. The molecule has 0 fully saturated rings. The SMILES string of the molecule is O=C(NCc1cc(S)c(Cl)cc1F)C(F)(F)F. The normalized spacial score (nSPS) is 11.4. The van der Waals surface area contributed by atoms with Crippen molar-refractivity contribution in [2.24, 2.45) is 0 Å². The summed E-state index contributed by atoms with van der Waals surface area (Å²) < 4.78 is 48.8. The van der Waals surface area contributed by atoms with Gasteiger partial charge in [-0.15, -0.1) is 12.6 Å². The van der Waals surface area contributed by atoms with Crippen molar-refractivity contribution in [1.29, 1.82) is 0 Å². The molecule has 0 radical (unpaired) electrons. The highest BCUT2D eigenvalue weighted by molar-refractivity contribution is 7.80. The predicted octanol–water partition coefficient (Wildman–Crippen LogP) is 2.95. The molecular formula is C9H6ClF4NOS. The Morgan fingerprint density at radius 2 is 2.00 bits per heavy atom. The number of rotatable bonds is 2. The number of hydrogen-bond acceptors (Lipinski definition) is 2. The van der Waals surface area contributed by atoms with Gasteiger partial charge in [0.15, 0.2) is 0 Å². The molecule has 94 valence electrons. The second-order valence-corrected chi connectivity index (χ2v) is 3.96. The van der Waals surface area contributed by atoms with Crippen molar-refractivity contribution < 1.29 is 22.4 Å². The summed E-state index contributed by atoms with van der Waals surface area (Å²) in [7, 11) is 0. The van der Waals surface area contributed by atoms with Gasteiger partial charge >= 0.3 is 12.1 Å². The smallest absolute Gasteiger partial charge is 0.344 e. The van der Waals surface area contributed by atoms with Crippen molar-refractivity contribution in [1.82, 2.24) is 5.32 Å². The van der Waals surface area contributed by atoms with Crippen LogP contribution in [0.1, 0.15) is 5.56 Å². The molecule has 0 spiro atoms. The van der Waals surface area contributed by atoms with Crippen molar-refractivity contribution in [2.75, 3.05) is 0 Å². The van der Waals surface area contributed by atoms with Gasteiger partial charge in [0, 0.05) is 17.0 Å². The van der Waals surface area contributed by atoms with Crippen LogP contribution in [-0.4, -0.2) is 12.1 Å². The number of carbonyl (C=O) groups excluding carboxylic acids is 1.